The van der Waals surface area contributed by atoms with E-state index >= 15 is 0 Å². The van der Waals surface area contributed by atoms with E-state index in [1.54, 1.807) is 23.1 Å². The summed E-state index contributed by atoms with van der Waals surface area (Å²) in [6.45, 7) is 2.28. The van der Waals surface area contributed by atoms with Crippen molar-refractivity contribution in [2.45, 2.75) is 0 Å². The smallest absolute Gasteiger partial charge is 0.294 e. The lowest BCUT2D eigenvalue weighted by atomic mass is 10.1. The van der Waals surface area contributed by atoms with Crippen molar-refractivity contribution in [2.24, 2.45) is 0 Å². The summed E-state index contributed by atoms with van der Waals surface area (Å²) in [6.07, 6.45) is 1.58. The van der Waals surface area contributed by atoms with Gasteiger partial charge >= 0.3 is 0 Å². The van der Waals surface area contributed by atoms with E-state index in [0.717, 1.165) is 22.3 Å². The molecule has 9 nitrogen and oxygen atoms in total. The maximum absolute atomic E-state index is 12.9. The first kappa shape index (κ1) is 22.1. The second kappa shape index (κ2) is 9.30. The van der Waals surface area contributed by atoms with E-state index in [-0.39, 0.29) is 24.2 Å². The minimum Gasteiger partial charge on any atom is -0.492 e. The van der Waals surface area contributed by atoms with Crippen LogP contribution in [0.25, 0.3) is 6.08 Å². The molecule has 0 radical (unpaired) electrons. The summed E-state index contributed by atoms with van der Waals surface area (Å²) in [5.74, 6) is 0.706. The highest BCUT2D eigenvalue weighted by Crippen LogP contribution is 2.44. The Morgan fingerprint density at radius 2 is 1.82 bits per heavy atom. The molecule has 0 unspecified atom stereocenters. The van der Waals surface area contributed by atoms with E-state index < -0.39 is 11.1 Å². The fraction of sp³-hybridized carbons (Fsp3) is 0.292. The molecule has 2 aromatic rings. The molecular formula is C24H23N3O6S. The van der Waals surface area contributed by atoms with Crippen LogP contribution >= 0.6 is 11.8 Å². The number of rotatable bonds is 5. The number of anilines is 1. The molecule has 3 aliphatic rings. The Bertz CT molecular complexity index is 1160. The maximum Gasteiger partial charge on any atom is 0.294 e. The summed E-state index contributed by atoms with van der Waals surface area (Å²) in [7, 11) is 1.50. The fourth-order valence-electron chi connectivity index (χ4n) is 4.15. The van der Waals surface area contributed by atoms with Crippen LogP contribution in [0.1, 0.15) is 5.56 Å². The number of carbonyl (C=O) groups is 3. The van der Waals surface area contributed by atoms with E-state index in [0.29, 0.717) is 49.0 Å². The zero-order valence-electron chi connectivity index (χ0n) is 18.6. The summed E-state index contributed by atoms with van der Waals surface area (Å²) in [6, 6.07) is 13.5. The quantitative estimate of drug-likeness (QED) is 0.603. The van der Waals surface area contributed by atoms with Crippen LogP contribution in [0, 0.1) is 0 Å². The molecule has 3 heterocycles. The third-order valence-corrected chi connectivity index (χ3v) is 6.84. The second-order valence-corrected chi connectivity index (χ2v) is 8.89. The summed E-state index contributed by atoms with van der Waals surface area (Å²) >= 11 is 0.807. The van der Waals surface area contributed by atoms with E-state index in [2.05, 4.69) is 4.90 Å². The lowest BCUT2D eigenvalue weighted by Crippen LogP contribution is -2.51. The summed E-state index contributed by atoms with van der Waals surface area (Å²) in [4.78, 5) is 43.5. The third-order valence-electron chi connectivity index (χ3n) is 5.94. The van der Waals surface area contributed by atoms with Crippen molar-refractivity contribution in [2.75, 3.05) is 51.5 Å². The standard InChI is InChI=1S/C24H23N3O6S/c1-31-21-16(7-8-18-22(21)33-15-32-18)13-19-23(29)27(24(30)34-19)14-20(28)26-11-9-25(10-12-26)17-5-3-2-4-6-17/h2-8,13H,9-12,14-15H2,1H3/b19-13+. The number of hydrogen-bond donors (Lipinski definition) is 0. The van der Waals surface area contributed by atoms with Gasteiger partial charge in [-0.05, 0) is 42.1 Å². The molecule has 3 amide bonds. The van der Waals surface area contributed by atoms with Gasteiger partial charge in [-0.1, -0.05) is 18.2 Å². The third kappa shape index (κ3) is 4.16. The minimum atomic E-state index is -0.494. The molecule has 2 saturated heterocycles. The number of fused-ring (bicyclic) bond motifs is 1. The number of imide groups is 1. The van der Waals surface area contributed by atoms with Gasteiger partial charge in [-0.3, -0.25) is 19.3 Å². The van der Waals surface area contributed by atoms with Gasteiger partial charge in [0, 0.05) is 37.4 Å². The first-order valence-corrected chi connectivity index (χ1v) is 11.7. The van der Waals surface area contributed by atoms with Gasteiger partial charge in [0.25, 0.3) is 11.1 Å². The second-order valence-electron chi connectivity index (χ2n) is 7.89. The van der Waals surface area contributed by atoms with Crippen molar-refractivity contribution in [3.8, 4) is 17.2 Å². The number of methoxy groups -OCH3 is 1. The topological polar surface area (TPSA) is 88.6 Å². The average Bonchev–Trinajstić information content (AvgIpc) is 3.45. The number of hydrogen-bond acceptors (Lipinski definition) is 8. The maximum atomic E-state index is 12.9. The zero-order chi connectivity index (χ0) is 23.7. The molecule has 0 atom stereocenters. The molecule has 0 aromatic heterocycles. The monoisotopic (exact) mass is 481 g/mol. The molecule has 10 heteroatoms. The molecule has 34 heavy (non-hydrogen) atoms. The summed E-state index contributed by atoms with van der Waals surface area (Å²) in [5, 5.41) is -0.466. The Kier molecular flexibility index (Phi) is 6.06. The van der Waals surface area contributed by atoms with Crippen molar-refractivity contribution in [1.82, 2.24) is 9.80 Å². The number of piperazine rings is 1. The van der Waals surface area contributed by atoms with Crippen LogP contribution in [0.4, 0.5) is 10.5 Å². The lowest BCUT2D eigenvalue weighted by Gasteiger charge is -2.36. The van der Waals surface area contributed by atoms with Crippen molar-refractivity contribution < 1.29 is 28.6 Å². The van der Waals surface area contributed by atoms with Crippen LogP contribution in [-0.4, -0.2) is 73.5 Å². The highest BCUT2D eigenvalue weighted by Gasteiger charge is 2.38. The number of amides is 3. The first-order valence-electron chi connectivity index (χ1n) is 10.8. The molecule has 0 spiro atoms. The SMILES string of the molecule is COc1c(/C=C2/SC(=O)N(CC(=O)N3CCN(c4ccccc4)CC3)C2=O)ccc2c1OCO2. The van der Waals surface area contributed by atoms with Gasteiger partial charge in [-0.15, -0.1) is 0 Å². The fourth-order valence-corrected chi connectivity index (χ4v) is 4.98. The summed E-state index contributed by atoms with van der Waals surface area (Å²) < 4.78 is 16.2. The number of para-hydroxylation sites is 1. The predicted octanol–water partition coefficient (Wildman–Crippen LogP) is 2.81. The molecule has 176 valence electrons. The van der Waals surface area contributed by atoms with Crippen LogP contribution in [0.2, 0.25) is 0 Å². The van der Waals surface area contributed by atoms with E-state index in [9.17, 15) is 14.4 Å². The van der Waals surface area contributed by atoms with Gasteiger partial charge in [0.2, 0.25) is 18.4 Å². The Morgan fingerprint density at radius 1 is 1.06 bits per heavy atom. The zero-order valence-corrected chi connectivity index (χ0v) is 19.4. The Balaban J connectivity index is 1.24. The molecule has 0 N–H and O–H groups in total. The van der Waals surface area contributed by atoms with Crippen molar-refractivity contribution in [3.63, 3.8) is 0 Å². The highest BCUT2D eigenvalue weighted by atomic mass is 32.2. The molecule has 2 aromatic carbocycles. The van der Waals surface area contributed by atoms with Crippen LogP contribution < -0.4 is 19.1 Å². The first-order chi connectivity index (χ1) is 16.5. The highest BCUT2D eigenvalue weighted by molar-refractivity contribution is 8.18. The van der Waals surface area contributed by atoms with Crippen LogP contribution in [0.5, 0.6) is 17.2 Å². The normalized spacial score (nSPS) is 18.7. The molecule has 3 aliphatic heterocycles. The lowest BCUT2D eigenvalue weighted by molar-refractivity contribution is -0.136. The Morgan fingerprint density at radius 3 is 2.56 bits per heavy atom. The molecule has 2 fully saturated rings. The number of carbonyl (C=O) groups excluding carboxylic acids is 3. The van der Waals surface area contributed by atoms with Crippen molar-refractivity contribution >= 4 is 40.6 Å². The number of thioether (sulfide) groups is 1. The summed E-state index contributed by atoms with van der Waals surface area (Å²) in [5.41, 5.74) is 1.70. The van der Waals surface area contributed by atoms with Gasteiger partial charge in [0.1, 0.15) is 6.54 Å². The van der Waals surface area contributed by atoms with E-state index in [1.807, 2.05) is 30.3 Å². The van der Waals surface area contributed by atoms with Crippen molar-refractivity contribution in [1.29, 1.82) is 0 Å². The van der Waals surface area contributed by atoms with Gasteiger partial charge in [0.05, 0.1) is 12.0 Å². The van der Waals surface area contributed by atoms with Gasteiger partial charge < -0.3 is 24.0 Å². The molecular weight excluding hydrogens is 458 g/mol. The van der Waals surface area contributed by atoms with Crippen molar-refractivity contribution in [3.05, 3.63) is 52.9 Å². The van der Waals surface area contributed by atoms with Gasteiger partial charge in [-0.25, -0.2) is 0 Å². The van der Waals surface area contributed by atoms with Crippen LogP contribution in [-0.2, 0) is 9.59 Å². The van der Waals surface area contributed by atoms with E-state index in [4.69, 9.17) is 14.2 Å². The van der Waals surface area contributed by atoms with Crippen LogP contribution in [0.3, 0.4) is 0 Å². The number of ether oxygens (including phenoxy) is 3. The van der Waals surface area contributed by atoms with Gasteiger partial charge in [-0.2, -0.15) is 0 Å². The largest absolute Gasteiger partial charge is 0.492 e. The molecule has 5 rings (SSSR count). The Labute approximate surface area is 200 Å². The molecule has 0 aliphatic carbocycles. The molecule has 0 saturated carbocycles. The average molecular weight is 482 g/mol. The van der Waals surface area contributed by atoms with E-state index in [1.165, 1.54) is 7.11 Å². The minimum absolute atomic E-state index is 0.0907. The van der Waals surface area contributed by atoms with Gasteiger partial charge in [0.15, 0.2) is 11.5 Å². The predicted molar refractivity (Wildman–Crippen MR) is 127 cm³/mol. The number of benzene rings is 2. The Hall–Kier alpha value is -3.66. The molecule has 0 bridgehead atoms. The number of nitrogens with zero attached hydrogens (tertiary/aromatic N) is 3. The van der Waals surface area contributed by atoms with Crippen LogP contribution in [0.15, 0.2) is 47.4 Å².